The number of ether oxygens (including phenoxy) is 1. The van der Waals surface area contributed by atoms with Gasteiger partial charge in [-0.2, -0.15) is 5.48 Å². The Morgan fingerprint density at radius 1 is 1.53 bits per heavy atom. The lowest BCUT2D eigenvalue weighted by Crippen LogP contribution is -2.46. The minimum absolute atomic E-state index is 0.0379. The van der Waals surface area contributed by atoms with E-state index in [1.165, 1.54) is 26.9 Å². The highest BCUT2D eigenvalue weighted by atomic mass is 16.7. The molecule has 15 heavy (non-hydrogen) atoms. The number of methoxy groups -OCH3 is 1. The fourth-order valence-electron chi connectivity index (χ4n) is 1.60. The molecule has 1 unspecified atom stereocenters. The average Bonchev–Trinajstić information content (AvgIpc) is 2.69. The van der Waals surface area contributed by atoms with Crippen LogP contribution in [0.1, 0.15) is 32.6 Å². The van der Waals surface area contributed by atoms with E-state index in [2.05, 4.69) is 10.2 Å². The summed E-state index contributed by atoms with van der Waals surface area (Å²) in [5.41, 5.74) is 1.10. The Balaban J connectivity index is 2.20. The van der Waals surface area contributed by atoms with Crippen molar-refractivity contribution in [1.82, 2.24) is 5.48 Å². The van der Waals surface area contributed by atoms with Crippen LogP contribution in [-0.2, 0) is 14.4 Å². The lowest BCUT2D eigenvalue weighted by atomic mass is 10.1. The molecule has 0 amide bonds. The molecule has 1 saturated carbocycles. The van der Waals surface area contributed by atoms with Crippen molar-refractivity contribution in [2.75, 3.05) is 13.7 Å². The molecule has 5 heteroatoms. The lowest BCUT2D eigenvalue weighted by Gasteiger charge is -2.21. The third-order valence-corrected chi connectivity index (χ3v) is 2.59. The Hall–Kier alpha value is -0.650. The number of nitrogens with one attached hydrogen (secondary N) is 1. The Labute approximate surface area is 89.7 Å². The number of hydrogen-bond donors (Lipinski definition) is 2. The first kappa shape index (κ1) is 12.4. The van der Waals surface area contributed by atoms with E-state index in [4.69, 9.17) is 4.84 Å². The van der Waals surface area contributed by atoms with Crippen LogP contribution in [0.3, 0.4) is 0 Å². The van der Waals surface area contributed by atoms with Gasteiger partial charge in [0.1, 0.15) is 0 Å². The zero-order chi connectivity index (χ0) is 11.3. The van der Waals surface area contributed by atoms with Crippen molar-refractivity contribution >= 4 is 5.97 Å². The van der Waals surface area contributed by atoms with Gasteiger partial charge in [0.25, 0.3) is 0 Å². The molecule has 0 heterocycles. The summed E-state index contributed by atoms with van der Waals surface area (Å²) >= 11 is 0. The molecule has 0 radical (unpaired) electrons. The second-order valence-electron chi connectivity index (χ2n) is 4.11. The van der Waals surface area contributed by atoms with Crippen LogP contribution < -0.4 is 5.48 Å². The Kier molecular flexibility index (Phi) is 4.50. The van der Waals surface area contributed by atoms with Crippen LogP contribution in [0, 0.1) is 0 Å². The molecule has 1 fully saturated rings. The summed E-state index contributed by atoms with van der Waals surface area (Å²) in [6.45, 7) is 1.43. The predicted molar refractivity (Wildman–Crippen MR) is 54.0 cm³/mol. The van der Waals surface area contributed by atoms with Crippen LogP contribution in [0.15, 0.2) is 0 Å². The van der Waals surface area contributed by atoms with E-state index in [1.54, 1.807) is 0 Å². The van der Waals surface area contributed by atoms with Crippen LogP contribution in [0.25, 0.3) is 0 Å². The summed E-state index contributed by atoms with van der Waals surface area (Å²) in [5, 5.41) is 9.64. The molecule has 88 valence electrons. The molecular weight excluding hydrogens is 198 g/mol. The Morgan fingerprint density at radius 3 is 2.67 bits per heavy atom. The first-order valence-corrected chi connectivity index (χ1v) is 5.25. The zero-order valence-electron chi connectivity index (χ0n) is 9.28. The number of rotatable bonds is 5. The maximum Gasteiger partial charge on any atom is 0.338 e. The predicted octanol–water partition coefficient (Wildman–Crippen LogP) is 0.374. The first-order chi connectivity index (χ1) is 7.06. The average molecular weight is 217 g/mol. The van der Waals surface area contributed by atoms with E-state index >= 15 is 0 Å². The molecule has 1 atom stereocenters. The topological polar surface area (TPSA) is 67.8 Å². The van der Waals surface area contributed by atoms with Crippen molar-refractivity contribution in [3.05, 3.63) is 0 Å². The number of esters is 1. The van der Waals surface area contributed by atoms with Gasteiger partial charge in [-0.1, -0.05) is 12.8 Å². The highest BCUT2D eigenvalue weighted by molar-refractivity contribution is 5.78. The Morgan fingerprint density at radius 2 is 2.13 bits per heavy atom. The second-order valence-corrected chi connectivity index (χ2v) is 4.11. The van der Waals surface area contributed by atoms with Gasteiger partial charge < -0.3 is 9.84 Å². The number of aliphatic hydroxyl groups is 1. The van der Waals surface area contributed by atoms with Gasteiger partial charge >= 0.3 is 5.97 Å². The van der Waals surface area contributed by atoms with Crippen molar-refractivity contribution in [3.63, 3.8) is 0 Å². The molecule has 1 aliphatic carbocycles. The van der Waals surface area contributed by atoms with E-state index in [1.807, 2.05) is 0 Å². The third kappa shape index (κ3) is 3.77. The van der Waals surface area contributed by atoms with Gasteiger partial charge in [0, 0.05) is 0 Å². The molecule has 5 nitrogen and oxygen atoms in total. The molecule has 0 aromatic rings. The number of carbonyl (C=O) groups is 1. The number of hydrogen-bond acceptors (Lipinski definition) is 5. The van der Waals surface area contributed by atoms with Crippen molar-refractivity contribution in [2.45, 2.75) is 44.3 Å². The Bertz CT molecular complexity index is 211. The van der Waals surface area contributed by atoms with Gasteiger partial charge in [-0.3, -0.25) is 4.84 Å². The first-order valence-electron chi connectivity index (χ1n) is 5.25. The molecule has 0 aromatic carbocycles. The largest absolute Gasteiger partial charge is 0.467 e. The van der Waals surface area contributed by atoms with Gasteiger partial charge in [-0.05, 0) is 19.8 Å². The minimum atomic E-state index is -1.53. The van der Waals surface area contributed by atoms with E-state index < -0.39 is 11.6 Å². The van der Waals surface area contributed by atoms with Crippen molar-refractivity contribution < 1.29 is 19.5 Å². The summed E-state index contributed by atoms with van der Waals surface area (Å²) < 4.78 is 4.45. The van der Waals surface area contributed by atoms with Gasteiger partial charge in [0.15, 0.2) is 5.60 Å². The van der Waals surface area contributed by atoms with Gasteiger partial charge in [-0.15, -0.1) is 0 Å². The summed E-state index contributed by atoms with van der Waals surface area (Å²) in [6, 6.07) is 0. The summed E-state index contributed by atoms with van der Waals surface area (Å²) in [4.78, 5) is 16.4. The molecular formula is C10H19NO4. The SMILES string of the molecule is COC(=O)C(C)(O)CNOC1CCCC1. The quantitative estimate of drug-likeness (QED) is 0.514. The molecule has 0 aliphatic heterocycles. The molecule has 0 spiro atoms. The molecule has 0 bridgehead atoms. The highest BCUT2D eigenvalue weighted by Gasteiger charge is 2.31. The van der Waals surface area contributed by atoms with Crippen LogP contribution in [0.4, 0.5) is 0 Å². The van der Waals surface area contributed by atoms with Gasteiger partial charge in [-0.25, -0.2) is 4.79 Å². The summed E-state index contributed by atoms with van der Waals surface area (Å²) in [5.74, 6) is -0.662. The summed E-state index contributed by atoms with van der Waals surface area (Å²) in [7, 11) is 1.24. The van der Waals surface area contributed by atoms with Gasteiger partial charge in [0.05, 0.1) is 19.8 Å². The van der Waals surface area contributed by atoms with E-state index in [0.717, 1.165) is 12.8 Å². The molecule has 1 rings (SSSR count). The fourth-order valence-corrected chi connectivity index (χ4v) is 1.60. The molecule has 0 aromatic heterocycles. The normalized spacial score (nSPS) is 21.3. The zero-order valence-corrected chi connectivity index (χ0v) is 9.28. The van der Waals surface area contributed by atoms with Crippen LogP contribution >= 0.6 is 0 Å². The smallest absolute Gasteiger partial charge is 0.338 e. The fraction of sp³-hybridized carbons (Fsp3) is 0.900. The van der Waals surface area contributed by atoms with Crippen LogP contribution in [0.2, 0.25) is 0 Å². The third-order valence-electron chi connectivity index (χ3n) is 2.59. The molecule has 2 N–H and O–H groups in total. The number of carbonyl (C=O) groups excluding carboxylic acids is 1. The molecule has 1 aliphatic rings. The molecule has 0 saturated heterocycles. The van der Waals surface area contributed by atoms with Crippen LogP contribution in [0.5, 0.6) is 0 Å². The van der Waals surface area contributed by atoms with Crippen molar-refractivity contribution in [1.29, 1.82) is 0 Å². The second kappa shape index (κ2) is 5.44. The van der Waals surface area contributed by atoms with E-state index in [9.17, 15) is 9.90 Å². The standard InChI is InChI=1S/C10H19NO4/c1-10(13,9(12)14-2)7-11-15-8-5-3-4-6-8/h8,11,13H,3-7H2,1-2H3. The van der Waals surface area contributed by atoms with Crippen molar-refractivity contribution in [2.24, 2.45) is 0 Å². The summed E-state index contributed by atoms with van der Waals surface area (Å²) in [6.07, 6.45) is 4.64. The van der Waals surface area contributed by atoms with Gasteiger partial charge in [0.2, 0.25) is 0 Å². The van der Waals surface area contributed by atoms with E-state index in [0.29, 0.717) is 0 Å². The van der Waals surface area contributed by atoms with Crippen LogP contribution in [-0.4, -0.2) is 36.4 Å². The minimum Gasteiger partial charge on any atom is -0.467 e. The number of hydroxylamine groups is 1. The maximum atomic E-state index is 11.1. The van der Waals surface area contributed by atoms with Crippen molar-refractivity contribution in [3.8, 4) is 0 Å². The highest BCUT2D eigenvalue weighted by Crippen LogP contribution is 2.20. The van der Waals surface area contributed by atoms with E-state index in [-0.39, 0.29) is 12.6 Å². The lowest BCUT2D eigenvalue weighted by molar-refractivity contribution is -0.163. The monoisotopic (exact) mass is 217 g/mol. The maximum absolute atomic E-state index is 11.1.